The molecule has 8 atom stereocenters. The molecule has 7 rings (SSSR count). The van der Waals surface area contributed by atoms with Gasteiger partial charge in [0, 0.05) is 54.1 Å². The van der Waals surface area contributed by atoms with Crippen LogP contribution in [0.1, 0.15) is 92.9 Å². The van der Waals surface area contributed by atoms with Crippen LogP contribution in [0.25, 0.3) is 10.8 Å². The molecule has 4 fully saturated rings. The number of carbonyl (C=O) groups is 4. The van der Waals surface area contributed by atoms with Gasteiger partial charge in [-0.3, -0.25) is 28.9 Å². The van der Waals surface area contributed by atoms with E-state index in [4.69, 9.17) is 9.47 Å². The Kier molecular flexibility index (Phi) is 11.9. The number of benzene rings is 1. The summed E-state index contributed by atoms with van der Waals surface area (Å²) in [5.41, 5.74) is -3.64. The SMILES string of the molecule is CCC(C)N(C(=O)O)[C@@H]1C(=O)N2[C@@H](C[C@@](C)(Oc3nccc4c(N5CCOCC5)cccc34)C2(F)F)C(=O)N[C@]2(C(=O)NS(=O)(=O)C3(C)CC3)C[C@H]2/C=C\CC[C@H](C)C[C@H]1C. The zero-order valence-electron chi connectivity index (χ0n) is 35.7. The fourth-order valence-electron chi connectivity index (χ4n) is 9.32. The number of rotatable bonds is 9. The predicted octanol–water partition coefficient (Wildman–Crippen LogP) is 5.44. The second-order valence-corrected chi connectivity index (χ2v) is 20.5. The molecule has 4 amide bonds. The van der Waals surface area contributed by atoms with E-state index in [0.29, 0.717) is 69.2 Å². The molecule has 1 aromatic carbocycles. The van der Waals surface area contributed by atoms with Gasteiger partial charge in [0.1, 0.15) is 17.6 Å². The highest BCUT2D eigenvalue weighted by Crippen LogP contribution is 2.51. The summed E-state index contributed by atoms with van der Waals surface area (Å²) in [5, 5.41) is 14.3. The van der Waals surface area contributed by atoms with Gasteiger partial charge in [-0.05, 0) is 95.8 Å². The topological polar surface area (TPSA) is 188 Å². The van der Waals surface area contributed by atoms with Gasteiger partial charge in [0.25, 0.3) is 11.8 Å². The fraction of sp³-hybridized carbons (Fsp3) is 0.651. The molecule has 0 radical (unpaired) electrons. The summed E-state index contributed by atoms with van der Waals surface area (Å²) in [4.78, 5) is 64.6. The number of carboxylic acid groups (broad SMARTS) is 1. The summed E-state index contributed by atoms with van der Waals surface area (Å²) in [7, 11) is -4.16. The van der Waals surface area contributed by atoms with E-state index in [1.807, 2.05) is 19.1 Å². The van der Waals surface area contributed by atoms with Crippen molar-refractivity contribution in [1.29, 1.82) is 0 Å². The van der Waals surface area contributed by atoms with Gasteiger partial charge < -0.3 is 24.8 Å². The zero-order valence-corrected chi connectivity index (χ0v) is 36.5. The molecule has 0 spiro atoms. The van der Waals surface area contributed by atoms with E-state index in [9.17, 15) is 27.9 Å². The molecule has 4 heterocycles. The third kappa shape index (κ3) is 8.02. The van der Waals surface area contributed by atoms with Gasteiger partial charge in [0.2, 0.25) is 21.8 Å². The largest absolute Gasteiger partial charge is 0.465 e. The number of allylic oxidation sites excluding steroid dienone is 1. The van der Waals surface area contributed by atoms with Crippen LogP contribution >= 0.6 is 0 Å². The molecule has 61 heavy (non-hydrogen) atoms. The molecule has 0 bridgehead atoms. The molecule has 1 unspecified atom stereocenters. The van der Waals surface area contributed by atoms with Crippen LogP contribution in [-0.4, -0.2) is 118 Å². The monoisotopic (exact) mass is 872 g/mol. The van der Waals surface area contributed by atoms with E-state index >= 15 is 13.6 Å². The van der Waals surface area contributed by atoms with Crippen LogP contribution < -0.4 is 19.7 Å². The van der Waals surface area contributed by atoms with E-state index in [-0.39, 0.29) is 29.5 Å². The Hall–Kier alpha value is -4.58. The number of hydrogen-bond donors (Lipinski definition) is 3. The molecule has 2 saturated carbocycles. The van der Waals surface area contributed by atoms with Crippen LogP contribution in [0.15, 0.2) is 42.6 Å². The molecule has 3 N–H and O–H groups in total. The van der Waals surface area contributed by atoms with Gasteiger partial charge in [-0.2, -0.15) is 8.78 Å². The van der Waals surface area contributed by atoms with Gasteiger partial charge in [0.05, 0.1) is 18.0 Å². The van der Waals surface area contributed by atoms with Crippen LogP contribution in [0, 0.1) is 17.8 Å². The van der Waals surface area contributed by atoms with E-state index in [1.54, 1.807) is 45.0 Å². The van der Waals surface area contributed by atoms with E-state index in [2.05, 4.69) is 19.9 Å². The van der Waals surface area contributed by atoms with Gasteiger partial charge in [-0.25, -0.2) is 18.2 Å². The maximum atomic E-state index is 17.8. The number of alkyl halides is 2. The van der Waals surface area contributed by atoms with Crippen LogP contribution in [0.5, 0.6) is 5.88 Å². The number of aromatic nitrogens is 1. The average Bonchev–Trinajstić information content (AvgIpc) is 4.12. The first kappa shape index (κ1) is 44.5. The van der Waals surface area contributed by atoms with Gasteiger partial charge >= 0.3 is 12.1 Å². The second-order valence-electron chi connectivity index (χ2n) is 18.3. The normalized spacial score (nSPS) is 32.3. The minimum atomic E-state index is -4.27. The van der Waals surface area contributed by atoms with Gasteiger partial charge in [-0.15, -0.1) is 0 Å². The number of pyridine rings is 1. The van der Waals surface area contributed by atoms with Gasteiger partial charge in [-0.1, -0.05) is 39.0 Å². The number of ether oxygens (including phenoxy) is 2. The first-order chi connectivity index (χ1) is 28.7. The van der Waals surface area contributed by atoms with Crippen molar-refractivity contribution in [3.8, 4) is 5.88 Å². The molecule has 3 aliphatic heterocycles. The lowest BCUT2D eigenvalue weighted by atomic mass is 9.86. The minimum absolute atomic E-state index is 0.0143. The Morgan fingerprint density at radius 3 is 2.48 bits per heavy atom. The lowest BCUT2D eigenvalue weighted by Crippen LogP contribution is -2.64. The van der Waals surface area contributed by atoms with Crippen molar-refractivity contribution in [3.63, 3.8) is 0 Å². The Balaban J connectivity index is 1.33. The number of halogens is 2. The number of morpholine rings is 1. The Morgan fingerprint density at radius 1 is 1.11 bits per heavy atom. The van der Waals surface area contributed by atoms with Crippen molar-refractivity contribution in [3.05, 3.63) is 42.6 Å². The number of sulfonamides is 1. The maximum absolute atomic E-state index is 17.8. The van der Waals surface area contributed by atoms with Gasteiger partial charge in [0.15, 0.2) is 5.60 Å². The molecule has 2 saturated heterocycles. The third-order valence-electron chi connectivity index (χ3n) is 13.7. The first-order valence-corrected chi connectivity index (χ1v) is 22.9. The lowest BCUT2D eigenvalue weighted by Gasteiger charge is -2.42. The first-order valence-electron chi connectivity index (χ1n) is 21.4. The van der Waals surface area contributed by atoms with E-state index < -0.39 is 92.2 Å². The number of hydrogen-bond acceptors (Lipinski definition) is 10. The van der Waals surface area contributed by atoms with E-state index in [0.717, 1.165) is 17.5 Å². The summed E-state index contributed by atoms with van der Waals surface area (Å²) < 4.78 is 75.0. The van der Waals surface area contributed by atoms with Crippen molar-refractivity contribution in [1.82, 2.24) is 24.8 Å². The fourth-order valence-corrected chi connectivity index (χ4v) is 10.6. The quantitative estimate of drug-likeness (QED) is 0.215. The van der Waals surface area contributed by atoms with Crippen molar-refractivity contribution >= 4 is 50.3 Å². The third-order valence-corrected chi connectivity index (χ3v) is 15.9. The molecule has 1 aromatic heterocycles. The summed E-state index contributed by atoms with van der Waals surface area (Å²) in [6.45, 7) is 11.7. The number of nitrogens with zero attached hydrogens (tertiary/aromatic N) is 4. The minimum Gasteiger partial charge on any atom is -0.465 e. The number of carbonyl (C=O) groups excluding carboxylic acids is 3. The number of fused-ring (bicyclic) bond motifs is 3. The Bertz CT molecular complexity index is 2200. The van der Waals surface area contributed by atoms with Crippen LogP contribution in [0.2, 0.25) is 0 Å². The zero-order chi connectivity index (χ0) is 44.3. The second kappa shape index (κ2) is 16.3. The molecular formula is C43H58F2N6O9S. The molecule has 15 nitrogen and oxygen atoms in total. The lowest BCUT2D eigenvalue weighted by molar-refractivity contribution is -0.219. The standard InChI is InChI=1S/C43H58F2N6O9S/c1-7-28(4)50(39(55)56)34-27(3)23-26(2)11-8-9-12-29-24-42(29,38(54)48-61(57,58)40(5)16-17-40)47-35(52)33-25-41(6,43(44,45)51(33)37(34)53)60-36-31-13-10-14-32(30(31)15-18-46-36)49-19-21-59-22-20-49/h9-10,12-15,18,26-29,33-34H,7-8,11,16-17,19-25H2,1-6H3,(H,47,52)(H,48,54)(H,55,56)/b12-9-/t26-,27+,28?,29+,33-,34-,41+,42+/m0/s1. The van der Waals surface area contributed by atoms with Crippen LogP contribution in [-0.2, 0) is 29.1 Å². The highest BCUT2D eigenvalue weighted by molar-refractivity contribution is 7.91. The smallest absolute Gasteiger partial charge is 0.408 e. The molecule has 18 heteroatoms. The maximum Gasteiger partial charge on any atom is 0.408 e. The van der Waals surface area contributed by atoms with E-state index in [1.165, 1.54) is 13.1 Å². The summed E-state index contributed by atoms with van der Waals surface area (Å²) in [6, 6.07) is -1.57. The highest BCUT2D eigenvalue weighted by Gasteiger charge is 2.71. The summed E-state index contributed by atoms with van der Waals surface area (Å²) in [5.74, 6) is -5.13. The number of anilines is 1. The molecular weight excluding hydrogens is 815 g/mol. The molecule has 2 aromatic rings. The van der Waals surface area contributed by atoms with Crippen molar-refractivity contribution < 1.29 is 51.0 Å². The summed E-state index contributed by atoms with van der Waals surface area (Å²) in [6.07, 6.45) is 5.09. The number of nitrogens with one attached hydrogen (secondary N) is 2. The highest BCUT2D eigenvalue weighted by atomic mass is 32.2. The molecule has 334 valence electrons. The molecule has 2 aliphatic carbocycles. The van der Waals surface area contributed by atoms with Crippen molar-refractivity contribution in [2.24, 2.45) is 17.8 Å². The van der Waals surface area contributed by atoms with Crippen LogP contribution in [0.4, 0.5) is 19.3 Å². The van der Waals surface area contributed by atoms with Crippen molar-refractivity contribution in [2.75, 3.05) is 31.2 Å². The van der Waals surface area contributed by atoms with Crippen molar-refractivity contribution in [2.45, 2.75) is 133 Å². The predicted molar refractivity (Wildman–Crippen MR) is 222 cm³/mol. The molecule has 5 aliphatic rings. The Morgan fingerprint density at radius 2 is 1.82 bits per heavy atom. The number of amides is 4. The average molecular weight is 873 g/mol. The summed E-state index contributed by atoms with van der Waals surface area (Å²) >= 11 is 0. The Labute approximate surface area is 355 Å². The van der Waals surface area contributed by atoms with Crippen LogP contribution in [0.3, 0.4) is 0 Å².